The summed E-state index contributed by atoms with van der Waals surface area (Å²) in [6.45, 7) is 5.67. The van der Waals surface area contributed by atoms with Gasteiger partial charge >= 0.3 is 0 Å². The lowest BCUT2D eigenvalue weighted by Gasteiger charge is -2.07. The first-order chi connectivity index (χ1) is 8.47. The van der Waals surface area contributed by atoms with Gasteiger partial charge in [0.05, 0.1) is 0 Å². The van der Waals surface area contributed by atoms with E-state index < -0.39 is 0 Å². The Morgan fingerprint density at radius 3 is 2.11 bits per heavy atom. The lowest BCUT2D eigenvalue weighted by molar-refractivity contribution is 0.103. The maximum atomic E-state index is 13.0. The fraction of sp³-hybridized carbons (Fsp3) is 0.188. The number of ketones is 1. The molecule has 2 rings (SSSR count). The summed E-state index contributed by atoms with van der Waals surface area (Å²) in [6.07, 6.45) is 0. The summed E-state index contributed by atoms with van der Waals surface area (Å²) in [5, 5.41) is 0. The van der Waals surface area contributed by atoms with Crippen LogP contribution < -0.4 is 0 Å². The highest BCUT2D eigenvalue weighted by Crippen LogP contribution is 2.17. The van der Waals surface area contributed by atoms with Crippen LogP contribution in [-0.2, 0) is 0 Å². The number of aryl methyl sites for hydroxylation is 3. The summed E-state index contributed by atoms with van der Waals surface area (Å²) < 4.78 is 13.0. The van der Waals surface area contributed by atoms with E-state index >= 15 is 0 Å². The van der Waals surface area contributed by atoms with Gasteiger partial charge in [-0.25, -0.2) is 4.39 Å². The van der Waals surface area contributed by atoms with Crippen LogP contribution in [-0.4, -0.2) is 5.78 Å². The van der Waals surface area contributed by atoms with Gasteiger partial charge in [-0.1, -0.05) is 17.2 Å². The normalized spacial score (nSPS) is 10.4. The Morgan fingerprint density at radius 2 is 1.56 bits per heavy atom. The predicted molar refractivity (Wildman–Crippen MR) is 70.5 cm³/mol. The molecule has 0 aliphatic carbocycles. The zero-order chi connectivity index (χ0) is 13.3. The van der Waals surface area contributed by atoms with Crippen molar-refractivity contribution < 1.29 is 9.18 Å². The van der Waals surface area contributed by atoms with Gasteiger partial charge in [-0.3, -0.25) is 4.79 Å². The largest absolute Gasteiger partial charge is 0.289 e. The number of carbonyl (C=O) groups excluding carboxylic acids is 1. The number of hydrogen-bond acceptors (Lipinski definition) is 1. The lowest BCUT2D eigenvalue weighted by Crippen LogP contribution is -2.04. The number of carbonyl (C=O) groups is 1. The highest BCUT2D eigenvalue weighted by atomic mass is 19.1. The molecular formula is C16H15FO. The molecule has 0 aliphatic rings. The van der Waals surface area contributed by atoms with Crippen molar-refractivity contribution in [1.29, 1.82) is 0 Å². The van der Waals surface area contributed by atoms with E-state index in [-0.39, 0.29) is 11.6 Å². The highest BCUT2D eigenvalue weighted by molar-refractivity contribution is 6.10. The highest BCUT2D eigenvalue weighted by Gasteiger charge is 2.12. The van der Waals surface area contributed by atoms with E-state index in [1.807, 2.05) is 32.0 Å². The third-order valence-electron chi connectivity index (χ3n) is 2.92. The lowest BCUT2D eigenvalue weighted by atomic mass is 9.96. The van der Waals surface area contributed by atoms with E-state index in [1.165, 1.54) is 12.1 Å². The third kappa shape index (κ3) is 2.48. The molecule has 0 heterocycles. The van der Waals surface area contributed by atoms with Crippen molar-refractivity contribution in [3.63, 3.8) is 0 Å². The molecule has 2 aromatic carbocycles. The molecule has 0 bridgehead atoms. The van der Waals surface area contributed by atoms with Crippen molar-refractivity contribution in [2.75, 3.05) is 0 Å². The zero-order valence-corrected chi connectivity index (χ0v) is 10.8. The van der Waals surface area contributed by atoms with Crippen molar-refractivity contribution in [1.82, 2.24) is 0 Å². The molecule has 2 heteroatoms. The summed E-state index contributed by atoms with van der Waals surface area (Å²) in [5.41, 5.74) is 3.99. The van der Waals surface area contributed by atoms with Crippen LogP contribution in [0.5, 0.6) is 0 Å². The molecule has 0 saturated heterocycles. The summed E-state index contributed by atoms with van der Waals surface area (Å²) in [4.78, 5) is 12.4. The maximum absolute atomic E-state index is 13.0. The van der Waals surface area contributed by atoms with E-state index in [9.17, 15) is 9.18 Å². The van der Waals surface area contributed by atoms with Gasteiger partial charge in [-0.05, 0) is 56.7 Å². The Hall–Kier alpha value is -1.96. The molecule has 0 aromatic heterocycles. The first kappa shape index (κ1) is 12.5. The molecule has 0 unspecified atom stereocenters. The smallest absolute Gasteiger partial charge is 0.193 e. The first-order valence-corrected chi connectivity index (χ1v) is 5.86. The molecule has 0 atom stereocenters. The fourth-order valence-corrected chi connectivity index (χ4v) is 2.14. The van der Waals surface area contributed by atoms with Gasteiger partial charge in [0, 0.05) is 11.1 Å². The Balaban J connectivity index is 2.47. The van der Waals surface area contributed by atoms with Crippen LogP contribution in [0.3, 0.4) is 0 Å². The second-order valence-corrected chi connectivity index (χ2v) is 4.66. The second-order valence-electron chi connectivity index (χ2n) is 4.66. The predicted octanol–water partition coefficient (Wildman–Crippen LogP) is 3.98. The van der Waals surface area contributed by atoms with Crippen molar-refractivity contribution in [2.45, 2.75) is 20.8 Å². The molecule has 92 valence electrons. The molecule has 0 radical (unpaired) electrons. The molecule has 2 aromatic rings. The standard InChI is InChI=1S/C16H15FO/c1-10-6-11(2)8-13(7-10)16(18)15-5-4-14(17)9-12(15)3/h4-9H,1-3H3. The Labute approximate surface area is 106 Å². The maximum Gasteiger partial charge on any atom is 0.193 e. The minimum absolute atomic E-state index is 0.0562. The molecule has 0 fully saturated rings. The summed E-state index contributed by atoms with van der Waals surface area (Å²) >= 11 is 0. The number of benzene rings is 2. The van der Waals surface area contributed by atoms with E-state index in [2.05, 4.69) is 0 Å². The number of halogens is 1. The Morgan fingerprint density at radius 1 is 0.944 bits per heavy atom. The van der Waals surface area contributed by atoms with Crippen LogP contribution in [0.4, 0.5) is 4.39 Å². The van der Waals surface area contributed by atoms with Crippen LogP contribution >= 0.6 is 0 Å². The van der Waals surface area contributed by atoms with Gasteiger partial charge in [-0.2, -0.15) is 0 Å². The summed E-state index contributed by atoms with van der Waals surface area (Å²) in [6, 6.07) is 9.99. The van der Waals surface area contributed by atoms with Gasteiger partial charge < -0.3 is 0 Å². The van der Waals surface area contributed by atoms with Crippen LogP contribution in [0.15, 0.2) is 36.4 Å². The zero-order valence-electron chi connectivity index (χ0n) is 10.8. The van der Waals surface area contributed by atoms with Gasteiger partial charge in [0.25, 0.3) is 0 Å². The van der Waals surface area contributed by atoms with Crippen molar-refractivity contribution in [3.8, 4) is 0 Å². The third-order valence-corrected chi connectivity index (χ3v) is 2.92. The molecular weight excluding hydrogens is 227 g/mol. The van der Waals surface area contributed by atoms with Gasteiger partial charge in [-0.15, -0.1) is 0 Å². The molecule has 0 spiro atoms. The monoisotopic (exact) mass is 242 g/mol. The average Bonchev–Trinajstić information content (AvgIpc) is 2.26. The second kappa shape index (κ2) is 4.73. The van der Waals surface area contributed by atoms with E-state index in [4.69, 9.17) is 0 Å². The van der Waals surface area contributed by atoms with Gasteiger partial charge in [0.15, 0.2) is 5.78 Å². The summed E-state index contributed by atoms with van der Waals surface area (Å²) in [7, 11) is 0. The number of hydrogen-bond donors (Lipinski definition) is 0. The molecule has 0 amide bonds. The SMILES string of the molecule is Cc1cc(C)cc(C(=O)c2ccc(F)cc2C)c1. The van der Waals surface area contributed by atoms with E-state index in [1.54, 1.807) is 13.0 Å². The van der Waals surface area contributed by atoms with E-state index in [0.29, 0.717) is 16.7 Å². The average molecular weight is 242 g/mol. The first-order valence-electron chi connectivity index (χ1n) is 5.86. The minimum atomic E-state index is -0.315. The van der Waals surface area contributed by atoms with Gasteiger partial charge in [0.2, 0.25) is 0 Å². The number of rotatable bonds is 2. The Kier molecular flexibility index (Phi) is 3.28. The van der Waals surface area contributed by atoms with E-state index in [0.717, 1.165) is 11.1 Å². The summed E-state index contributed by atoms with van der Waals surface area (Å²) in [5.74, 6) is -0.372. The van der Waals surface area contributed by atoms with Crippen LogP contribution in [0.25, 0.3) is 0 Å². The van der Waals surface area contributed by atoms with Crippen molar-refractivity contribution >= 4 is 5.78 Å². The van der Waals surface area contributed by atoms with Crippen LogP contribution in [0, 0.1) is 26.6 Å². The quantitative estimate of drug-likeness (QED) is 0.728. The minimum Gasteiger partial charge on any atom is -0.289 e. The molecule has 0 N–H and O–H groups in total. The molecule has 18 heavy (non-hydrogen) atoms. The topological polar surface area (TPSA) is 17.1 Å². The van der Waals surface area contributed by atoms with Crippen LogP contribution in [0.2, 0.25) is 0 Å². The molecule has 0 aliphatic heterocycles. The van der Waals surface area contributed by atoms with Crippen molar-refractivity contribution in [3.05, 3.63) is 70.0 Å². The van der Waals surface area contributed by atoms with Crippen LogP contribution in [0.1, 0.15) is 32.6 Å². The van der Waals surface area contributed by atoms with Gasteiger partial charge in [0.1, 0.15) is 5.82 Å². The Bertz CT molecular complexity index is 594. The fourth-order valence-electron chi connectivity index (χ4n) is 2.14. The van der Waals surface area contributed by atoms with Crippen molar-refractivity contribution in [2.24, 2.45) is 0 Å². The molecule has 1 nitrogen and oxygen atoms in total. The molecule has 0 saturated carbocycles.